The Morgan fingerprint density at radius 3 is 1.51 bits per heavy atom. The van der Waals surface area contributed by atoms with Crippen molar-refractivity contribution in [2.45, 2.75) is 51.6 Å². The average molecular weight is 841 g/mol. The molecule has 2 unspecified atom stereocenters. The number of carboxylic acid groups (broad SMARTS) is 1. The number of nitrogens with two attached hydrogens (primary N) is 1. The minimum absolute atomic E-state index is 0.221. The Morgan fingerprint density at radius 1 is 0.603 bits per heavy atom. The maximum Gasteiger partial charge on any atom is 0.337 e. The summed E-state index contributed by atoms with van der Waals surface area (Å²) in [6.07, 6.45) is 3.68. The quantitative estimate of drug-likeness (QED) is 0.0648. The first-order valence-corrected chi connectivity index (χ1v) is 21.4. The first-order valence-electron chi connectivity index (χ1n) is 21.4. The van der Waals surface area contributed by atoms with Gasteiger partial charge in [-0.1, -0.05) is 133 Å². The molecule has 9 nitrogen and oxygen atoms in total. The third kappa shape index (κ3) is 10.6. The van der Waals surface area contributed by atoms with Crippen LogP contribution in [0.4, 0.5) is 0 Å². The van der Waals surface area contributed by atoms with E-state index in [9.17, 15) is 19.5 Å². The van der Waals surface area contributed by atoms with Gasteiger partial charge in [0.15, 0.2) is 0 Å². The lowest BCUT2D eigenvalue weighted by Crippen LogP contribution is -2.29. The summed E-state index contributed by atoms with van der Waals surface area (Å²) in [5, 5.41) is 12.7. The Labute approximate surface area is 368 Å². The lowest BCUT2D eigenvalue weighted by molar-refractivity contribution is -0.139. The second-order valence-corrected chi connectivity index (χ2v) is 15.3. The molecule has 320 valence electrons. The molecule has 6 aromatic rings. The lowest BCUT2D eigenvalue weighted by atomic mass is 9.97. The Bertz CT molecular complexity index is 2590. The van der Waals surface area contributed by atoms with E-state index in [1.165, 1.54) is 18.1 Å². The number of hydrogen-bond acceptors (Lipinski definition) is 7. The van der Waals surface area contributed by atoms with Crippen molar-refractivity contribution in [2.24, 2.45) is 5.73 Å². The van der Waals surface area contributed by atoms with E-state index in [1.807, 2.05) is 133 Å². The molecule has 0 bridgehead atoms. The lowest BCUT2D eigenvalue weighted by Gasteiger charge is -2.17. The number of esters is 1. The standard InChI is InChI=1S/C29H29NO4.C25H23NO3/c1-3-33-29(32)27-26(22-14-8-5-9-15-22)24-17-16-23(19-25(24)28(27)30-20(2)31)34-18-10-13-21-11-6-4-7-12-21;26-24-21-16-19(29-15-7-10-17-8-3-1-4-9-17)13-14-20(21)22(23(24)25(27)28)18-11-5-2-6-12-18/h4-9,11-12,14-17,19,28H,3,10,13,18H2,1-2H3,(H,30,31);1-6,8-9,11-14,16,24H,7,10,15,26H2,(H,27,28). The summed E-state index contributed by atoms with van der Waals surface area (Å²) in [5.41, 5.74) is 16.2. The minimum Gasteiger partial charge on any atom is -0.494 e. The van der Waals surface area contributed by atoms with Crippen LogP contribution in [0.5, 0.6) is 11.5 Å². The molecular formula is C54H52N2O7. The smallest absolute Gasteiger partial charge is 0.337 e. The fourth-order valence-electron chi connectivity index (χ4n) is 8.19. The third-order valence-electron chi connectivity index (χ3n) is 11.0. The molecule has 4 N–H and O–H groups in total. The van der Waals surface area contributed by atoms with E-state index in [2.05, 4.69) is 29.6 Å². The molecule has 9 heteroatoms. The first kappa shape index (κ1) is 43.8. The molecule has 2 aliphatic carbocycles. The van der Waals surface area contributed by atoms with Gasteiger partial charge in [0.05, 0.1) is 43.1 Å². The molecular weight excluding hydrogens is 789 g/mol. The second kappa shape index (κ2) is 21.0. The number of benzene rings is 6. The fraction of sp³-hybridized carbons (Fsp3) is 0.204. The molecule has 0 saturated heterocycles. The van der Waals surface area contributed by atoms with E-state index < -0.39 is 24.0 Å². The summed E-state index contributed by atoms with van der Waals surface area (Å²) < 4.78 is 17.4. The summed E-state index contributed by atoms with van der Waals surface area (Å²) >= 11 is 0. The van der Waals surface area contributed by atoms with Gasteiger partial charge in [0, 0.05) is 18.1 Å². The van der Waals surface area contributed by atoms with Crippen LogP contribution in [0.15, 0.2) is 169 Å². The summed E-state index contributed by atoms with van der Waals surface area (Å²) in [7, 11) is 0. The Morgan fingerprint density at radius 2 is 1.05 bits per heavy atom. The van der Waals surface area contributed by atoms with Crippen molar-refractivity contribution in [3.8, 4) is 11.5 Å². The maximum atomic E-state index is 13.1. The highest BCUT2D eigenvalue weighted by atomic mass is 16.5. The largest absolute Gasteiger partial charge is 0.494 e. The molecule has 1 amide bonds. The van der Waals surface area contributed by atoms with Crippen molar-refractivity contribution in [3.05, 3.63) is 213 Å². The van der Waals surface area contributed by atoms with Gasteiger partial charge in [-0.15, -0.1) is 0 Å². The third-order valence-corrected chi connectivity index (χ3v) is 11.0. The van der Waals surface area contributed by atoms with E-state index in [0.717, 1.165) is 64.6 Å². The normalized spacial score (nSPS) is 14.8. The zero-order valence-electron chi connectivity index (χ0n) is 35.6. The van der Waals surface area contributed by atoms with Crippen molar-refractivity contribution in [1.29, 1.82) is 0 Å². The van der Waals surface area contributed by atoms with Crippen molar-refractivity contribution >= 4 is 29.0 Å². The molecule has 6 aromatic carbocycles. The topological polar surface area (TPSA) is 137 Å². The van der Waals surface area contributed by atoms with Crippen LogP contribution in [0, 0.1) is 0 Å². The van der Waals surface area contributed by atoms with E-state index in [0.29, 0.717) is 35.9 Å². The van der Waals surface area contributed by atoms with Crippen LogP contribution >= 0.6 is 0 Å². The van der Waals surface area contributed by atoms with E-state index >= 15 is 0 Å². The van der Waals surface area contributed by atoms with E-state index in [4.69, 9.17) is 19.9 Å². The SMILES string of the molecule is CCOC(=O)C1=C(c2ccccc2)c2ccc(OCCCc3ccccc3)cc2C1NC(C)=O.NC1C(C(=O)O)=C(c2ccccc2)c2ccc(OCCCc3ccccc3)cc21. The van der Waals surface area contributed by atoms with Crippen LogP contribution in [0.3, 0.4) is 0 Å². The molecule has 0 aromatic heterocycles. The van der Waals surface area contributed by atoms with Crippen molar-refractivity contribution < 1.29 is 33.7 Å². The second-order valence-electron chi connectivity index (χ2n) is 15.3. The summed E-state index contributed by atoms with van der Waals surface area (Å²) in [6, 6.07) is 50.1. The summed E-state index contributed by atoms with van der Waals surface area (Å²) in [4.78, 5) is 37.1. The highest BCUT2D eigenvalue weighted by Crippen LogP contribution is 2.46. The van der Waals surface area contributed by atoms with Gasteiger partial charge in [0.25, 0.3) is 0 Å². The van der Waals surface area contributed by atoms with Gasteiger partial charge in [0.1, 0.15) is 11.5 Å². The van der Waals surface area contributed by atoms with Gasteiger partial charge in [-0.2, -0.15) is 0 Å². The first-order chi connectivity index (χ1) is 30.7. The molecule has 2 atom stereocenters. The highest BCUT2D eigenvalue weighted by Gasteiger charge is 2.38. The van der Waals surface area contributed by atoms with Crippen LogP contribution in [-0.4, -0.2) is 42.8 Å². The number of fused-ring (bicyclic) bond motifs is 2. The van der Waals surface area contributed by atoms with Crippen molar-refractivity contribution in [2.75, 3.05) is 19.8 Å². The van der Waals surface area contributed by atoms with E-state index in [1.54, 1.807) is 6.92 Å². The molecule has 2 aliphatic rings. The highest BCUT2D eigenvalue weighted by molar-refractivity contribution is 6.07. The zero-order chi connectivity index (χ0) is 44.1. The van der Waals surface area contributed by atoms with E-state index in [-0.39, 0.29) is 18.1 Å². The molecule has 63 heavy (non-hydrogen) atoms. The fourth-order valence-corrected chi connectivity index (χ4v) is 8.19. The molecule has 0 spiro atoms. The Kier molecular flexibility index (Phi) is 14.6. The van der Waals surface area contributed by atoms with Crippen molar-refractivity contribution in [1.82, 2.24) is 5.32 Å². The van der Waals surface area contributed by atoms with Gasteiger partial charge in [-0.3, -0.25) is 4.79 Å². The molecule has 0 aliphatic heterocycles. The zero-order valence-corrected chi connectivity index (χ0v) is 35.6. The predicted molar refractivity (Wildman–Crippen MR) is 246 cm³/mol. The number of carboxylic acids is 1. The van der Waals surface area contributed by atoms with Gasteiger partial charge in [0.2, 0.25) is 5.91 Å². The van der Waals surface area contributed by atoms with Crippen molar-refractivity contribution in [3.63, 3.8) is 0 Å². The summed E-state index contributed by atoms with van der Waals surface area (Å²) in [6.45, 7) is 4.64. The molecule has 0 heterocycles. The van der Waals surface area contributed by atoms with Gasteiger partial charge in [-0.05, 0) is 101 Å². The van der Waals surface area contributed by atoms with Gasteiger partial charge < -0.3 is 30.4 Å². The number of hydrogen-bond donors (Lipinski definition) is 3. The van der Waals surface area contributed by atoms with Gasteiger partial charge >= 0.3 is 11.9 Å². The number of rotatable bonds is 16. The Balaban J connectivity index is 0.000000191. The number of carbonyl (C=O) groups excluding carboxylic acids is 2. The predicted octanol–water partition coefficient (Wildman–Crippen LogP) is 9.85. The Hall–Kier alpha value is -7.23. The summed E-state index contributed by atoms with van der Waals surface area (Å²) in [5.74, 6) is -0.216. The monoisotopic (exact) mass is 840 g/mol. The molecule has 8 rings (SSSR count). The van der Waals surface area contributed by atoms with Crippen LogP contribution in [-0.2, 0) is 32.0 Å². The number of ether oxygens (including phenoxy) is 3. The van der Waals surface area contributed by atoms with Gasteiger partial charge in [-0.25, -0.2) is 9.59 Å². The van der Waals surface area contributed by atoms with Crippen LogP contribution in [0.1, 0.15) is 83.3 Å². The molecule has 0 saturated carbocycles. The van der Waals surface area contributed by atoms with Crippen LogP contribution in [0.25, 0.3) is 11.1 Å². The number of aliphatic carboxylic acids is 1. The molecule has 0 fully saturated rings. The number of amides is 1. The number of carbonyl (C=O) groups is 3. The maximum absolute atomic E-state index is 13.1. The number of nitrogens with one attached hydrogen (secondary N) is 1. The number of aryl methyl sites for hydroxylation is 2. The van der Waals surface area contributed by atoms with Crippen LogP contribution in [0.2, 0.25) is 0 Å². The average Bonchev–Trinajstić information content (AvgIpc) is 3.78. The van der Waals surface area contributed by atoms with Crippen LogP contribution < -0.4 is 20.5 Å². The minimum atomic E-state index is -0.988. The molecule has 0 radical (unpaired) electrons.